The molecule has 25 heavy (non-hydrogen) atoms. The standard InChI is InChI=1S/C17H15F3N4S/c18-7-11-8-23-16(9-22-11)14(20)6-10-1-2-13(19)12(5-10)15-3-4-25-17(21)24-15/h1-2,5-6,8-9,15H,3-4,7H2,(H2,21,24)/b14-6-. The van der Waals surface area contributed by atoms with Crippen molar-refractivity contribution in [2.45, 2.75) is 19.1 Å². The molecule has 0 fully saturated rings. The summed E-state index contributed by atoms with van der Waals surface area (Å²) in [5.41, 5.74) is 6.67. The van der Waals surface area contributed by atoms with Crippen LogP contribution in [0.1, 0.15) is 35.0 Å². The number of nitrogens with two attached hydrogens (primary N) is 1. The number of aliphatic imine (C=N–C) groups is 1. The van der Waals surface area contributed by atoms with Gasteiger partial charge in [0, 0.05) is 11.3 Å². The summed E-state index contributed by atoms with van der Waals surface area (Å²) in [5.74, 6) is -0.291. The molecule has 2 heterocycles. The number of aromatic nitrogens is 2. The molecule has 0 radical (unpaired) electrons. The van der Waals surface area contributed by atoms with E-state index in [0.717, 1.165) is 11.9 Å². The normalized spacial score (nSPS) is 18.1. The summed E-state index contributed by atoms with van der Waals surface area (Å²) in [6.45, 7) is -0.761. The SMILES string of the molecule is NC1=NC(c2cc(/C=C(\F)c3cnc(CF)cn3)ccc2F)CCS1. The molecule has 0 bridgehead atoms. The Bertz CT molecular complexity index is 821. The molecule has 4 nitrogen and oxygen atoms in total. The molecule has 2 N–H and O–H groups in total. The predicted octanol–water partition coefficient (Wildman–Crippen LogP) is 4.05. The molecule has 1 unspecified atom stereocenters. The number of nitrogens with zero attached hydrogens (tertiary/aromatic N) is 3. The Hall–Kier alpha value is -2.35. The molecule has 1 aromatic carbocycles. The maximum Gasteiger partial charge on any atom is 0.154 e. The van der Waals surface area contributed by atoms with Crippen LogP contribution in [0.15, 0.2) is 35.6 Å². The number of amidine groups is 1. The largest absolute Gasteiger partial charge is 0.379 e. The zero-order valence-electron chi connectivity index (χ0n) is 13.1. The van der Waals surface area contributed by atoms with E-state index in [2.05, 4.69) is 15.0 Å². The second-order valence-electron chi connectivity index (χ2n) is 5.42. The van der Waals surface area contributed by atoms with Gasteiger partial charge in [0.2, 0.25) is 0 Å². The van der Waals surface area contributed by atoms with Crippen LogP contribution < -0.4 is 5.73 Å². The lowest BCUT2D eigenvalue weighted by molar-refractivity contribution is 0.474. The lowest BCUT2D eigenvalue weighted by Crippen LogP contribution is -2.16. The number of hydrogen-bond donors (Lipinski definition) is 1. The van der Waals surface area contributed by atoms with E-state index in [1.54, 1.807) is 6.07 Å². The molecule has 130 valence electrons. The van der Waals surface area contributed by atoms with Gasteiger partial charge in [-0.3, -0.25) is 15.0 Å². The summed E-state index contributed by atoms with van der Waals surface area (Å²) in [6, 6.07) is 3.92. The van der Waals surface area contributed by atoms with Crippen molar-refractivity contribution in [3.05, 3.63) is 58.9 Å². The van der Waals surface area contributed by atoms with Crippen molar-refractivity contribution >= 4 is 28.8 Å². The number of rotatable bonds is 4. The van der Waals surface area contributed by atoms with Gasteiger partial charge < -0.3 is 5.73 Å². The first-order valence-corrected chi connectivity index (χ1v) is 8.55. The van der Waals surface area contributed by atoms with Crippen LogP contribution in [0.4, 0.5) is 13.2 Å². The van der Waals surface area contributed by atoms with Crippen molar-refractivity contribution in [1.82, 2.24) is 9.97 Å². The van der Waals surface area contributed by atoms with Gasteiger partial charge in [-0.2, -0.15) is 0 Å². The minimum absolute atomic E-state index is 0.0144. The fourth-order valence-corrected chi connectivity index (χ4v) is 3.18. The Kier molecular flexibility index (Phi) is 5.37. The molecule has 1 atom stereocenters. The highest BCUT2D eigenvalue weighted by molar-refractivity contribution is 8.13. The van der Waals surface area contributed by atoms with Gasteiger partial charge in [0.1, 0.15) is 18.2 Å². The molecule has 0 saturated heterocycles. The molecule has 1 aliphatic heterocycles. The summed E-state index contributed by atoms with van der Waals surface area (Å²) in [5, 5.41) is 0.422. The average Bonchev–Trinajstić information content (AvgIpc) is 2.63. The van der Waals surface area contributed by atoms with Gasteiger partial charge in [0.25, 0.3) is 0 Å². The highest BCUT2D eigenvalue weighted by atomic mass is 32.2. The number of halogens is 3. The van der Waals surface area contributed by atoms with E-state index in [9.17, 15) is 13.2 Å². The van der Waals surface area contributed by atoms with Gasteiger partial charge in [-0.15, -0.1) is 0 Å². The van der Waals surface area contributed by atoms with Crippen LogP contribution in [0, 0.1) is 5.82 Å². The average molecular weight is 364 g/mol. The second-order valence-corrected chi connectivity index (χ2v) is 6.54. The molecule has 0 saturated carbocycles. The molecule has 1 aliphatic rings. The summed E-state index contributed by atoms with van der Waals surface area (Å²) in [7, 11) is 0. The van der Waals surface area contributed by atoms with E-state index in [1.165, 1.54) is 36.2 Å². The van der Waals surface area contributed by atoms with E-state index in [-0.39, 0.29) is 17.4 Å². The molecular formula is C17H15F3N4S. The first kappa shape index (κ1) is 17.5. The third kappa shape index (κ3) is 4.19. The highest BCUT2D eigenvalue weighted by Crippen LogP contribution is 2.31. The van der Waals surface area contributed by atoms with E-state index in [0.29, 0.717) is 22.7 Å². The summed E-state index contributed by atoms with van der Waals surface area (Å²) >= 11 is 1.43. The third-order valence-electron chi connectivity index (χ3n) is 3.68. The Morgan fingerprint density at radius 2 is 2.16 bits per heavy atom. The van der Waals surface area contributed by atoms with Gasteiger partial charge in [-0.05, 0) is 30.2 Å². The van der Waals surface area contributed by atoms with E-state index < -0.39 is 18.3 Å². The summed E-state index contributed by atoms with van der Waals surface area (Å²) < 4.78 is 40.9. The van der Waals surface area contributed by atoms with Crippen LogP contribution in [0.25, 0.3) is 11.9 Å². The number of alkyl halides is 1. The van der Waals surface area contributed by atoms with Crippen molar-refractivity contribution in [2.75, 3.05) is 5.75 Å². The second kappa shape index (κ2) is 7.69. The van der Waals surface area contributed by atoms with Gasteiger partial charge in [-0.25, -0.2) is 13.2 Å². The number of hydrogen-bond acceptors (Lipinski definition) is 5. The Morgan fingerprint density at radius 3 is 2.84 bits per heavy atom. The zero-order valence-corrected chi connectivity index (χ0v) is 13.9. The van der Waals surface area contributed by atoms with E-state index in [4.69, 9.17) is 5.73 Å². The van der Waals surface area contributed by atoms with Crippen molar-refractivity contribution in [2.24, 2.45) is 10.7 Å². The Balaban J connectivity index is 1.89. The monoisotopic (exact) mass is 364 g/mol. The minimum atomic E-state index is -0.761. The van der Waals surface area contributed by atoms with Crippen LogP contribution >= 0.6 is 11.8 Å². The maximum absolute atomic E-state index is 14.3. The molecule has 0 aliphatic carbocycles. The highest BCUT2D eigenvalue weighted by Gasteiger charge is 2.19. The first-order valence-electron chi connectivity index (χ1n) is 7.57. The lowest BCUT2D eigenvalue weighted by atomic mass is 10.0. The van der Waals surface area contributed by atoms with Gasteiger partial charge >= 0.3 is 0 Å². The van der Waals surface area contributed by atoms with Crippen molar-refractivity contribution in [3.63, 3.8) is 0 Å². The smallest absolute Gasteiger partial charge is 0.154 e. The van der Waals surface area contributed by atoms with Crippen molar-refractivity contribution in [3.8, 4) is 0 Å². The maximum atomic E-state index is 14.3. The van der Waals surface area contributed by atoms with Gasteiger partial charge in [0.05, 0.1) is 24.1 Å². The fourth-order valence-electron chi connectivity index (χ4n) is 2.43. The minimum Gasteiger partial charge on any atom is -0.379 e. The lowest BCUT2D eigenvalue weighted by Gasteiger charge is -2.19. The van der Waals surface area contributed by atoms with Gasteiger partial charge in [-0.1, -0.05) is 17.8 Å². The van der Waals surface area contributed by atoms with E-state index in [1.807, 2.05) is 0 Å². The molecule has 0 amide bonds. The Labute approximate surface area is 147 Å². The molecule has 0 spiro atoms. The van der Waals surface area contributed by atoms with Crippen molar-refractivity contribution in [1.29, 1.82) is 0 Å². The van der Waals surface area contributed by atoms with Crippen molar-refractivity contribution < 1.29 is 13.2 Å². The number of thioether (sulfide) groups is 1. The molecule has 3 rings (SSSR count). The molecule has 1 aromatic heterocycles. The van der Waals surface area contributed by atoms with Crippen LogP contribution in [0.2, 0.25) is 0 Å². The zero-order chi connectivity index (χ0) is 17.8. The molecule has 8 heteroatoms. The van der Waals surface area contributed by atoms with Gasteiger partial charge in [0.15, 0.2) is 11.0 Å². The quantitative estimate of drug-likeness (QED) is 0.889. The predicted molar refractivity (Wildman–Crippen MR) is 93.7 cm³/mol. The Morgan fingerprint density at radius 1 is 1.32 bits per heavy atom. The van der Waals surface area contributed by atoms with Crippen LogP contribution in [-0.4, -0.2) is 20.9 Å². The first-order chi connectivity index (χ1) is 12.1. The fraction of sp³-hybridized carbons (Fsp3) is 0.235. The summed E-state index contributed by atoms with van der Waals surface area (Å²) in [4.78, 5) is 11.8. The van der Waals surface area contributed by atoms with Crippen LogP contribution in [0.5, 0.6) is 0 Å². The van der Waals surface area contributed by atoms with E-state index >= 15 is 0 Å². The topological polar surface area (TPSA) is 64.2 Å². The van der Waals surface area contributed by atoms with Crippen LogP contribution in [-0.2, 0) is 6.67 Å². The molecular weight excluding hydrogens is 349 g/mol. The third-order valence-corrected chi connectivity index (χ3v) is 4.52. The van der Waals surface area contributed by atoms with Crippen LogP contribution in [0.3, 0.4) is 0 Å². The molecule has 2 aromatic rings. The summed E-state index contributed by atoms with van der Waals surface area (Å²) in [6.07, 6.45) is 4.23. The number of benzene rings is 1.